The highest BCUT2D eigenvalue weighted by molar-refractivity contribution is 7.78. The minimum atomic E-state index is -1.13. The third-order valence-corrected chi connectivity index (χ3v) is 1.58. The average Bonchev–Trinajstić information content (AvgIpc) is 2.30. The molecule has 0 aromatic rings. The number of allylic oxidation sites excluding steroid dienone is 4. The van der Waals surface area contributed by atoms with E-state index < -0.39 is 6.09 Å². The SMILES string of the molecule is O=C(O)N(S)N1C=CC=CC=C1. The molecule has 5 heteroatoms. The zero-order valence-electron chi connectivity index (χ0n) is 6.16. The molecule has 0 aliphatic carbocycles. The molecule has 0 aromatic heterocycles. The number of carbonyl (C=O) groups is 1. The fourth-order valence-corrected chi connectivity index (χ4v) is 0.798. The predicted octanol–water partition coefficient (Wildman–Crippen LogP) is 1.63. The van der Waals surface area contributed by atoms with Gasteiger partial charge in [0.25, 0.3) is 0 Å². The Morgan fingerprint density at radius 2 is 1.75 bits per heavy atom. The molecule has 1 heterocycles. The number of hydrogen-bond acceptors (Lipinski definition) is 3. The Kier molecular flexibility index (Phi) is 2.82. The number of carboxylic acid groups (broad SMARTS) is 1. The van der Waals surface area contributed by atoms with Gasteiger partial charge in [0.15, 0.2) is 0 Å². The Morgan fingerprint density at radius 1 is 1.25 bits per heavy atom. The quantitative estimate of drug-likeness (QED) is 0.609. The number of thiol groups is 1. The summed E-state index contributed by atoms with van der Waals surface area (Å²) in [6, 6.07) is 0. The molecule has 0 atom stereocenters. The molecule has 4 nitrogen and oxygen atoms in total. The van der Waals surface area contributed by atoms with E-state index in [0.717, 1.165) is 4.41 Å². The highest BCUT2D eigenvalue weighted by atomic mass is 32.1. The smallest absolute Gasteiger partial charge is 0.437 e. The maximum atomic E-state index is 10.4. The number of rotatable bonds is 1. The van der Waals surface area contributed by atoms with Gasteiger partial charge in [0, 0.05) is 12.4 Å². The van der Waals surface area contributed by atoms with E-state index in [-0.39, 0.29) is 0 Å². The van der Waals surface area contributed by atoms with Crippen molar-refractivity contribution >= 4 is 18.9 Å². The van der Waals surface area contributed by atoms with E-state index in [1.54, 1.807) is 36.7 Å². The molecule has 0 bridgehead atoms. The molecule has 1 N–H and O–H groups in total. The van der Waals surface area contributed by atoms with Gasteiger partial charge >= 0.3 is 6.09 Å². The molecule has 1 aliphatic heterocycles. The van der Waals surface area contributed by atoms with Crippen LogP contribution in [0.1, 0.15) is 0 Å². The van der Waals surface area contributed by atoms with Crippen molar-refractivity contribution in [3.8, 4) is 0 Å². The summed E-state index contributed by atoms with van der Waals surface area (Å²) in [5.74, 6) is 0. The summed E-state index contributed by atoms with van der Waals surface area (Å²) in [5, 5.41) is 9.88. The summed E-state index contributed by atoms with van der Waals surface area (Å²) in [6.07, 6.45) is 9.05. The van der Waals surface area contributed by atoms with Crippen LogP contribution in [0.3, 0.4) is 0 Å². The summed E-state index contributed by atoms with van der Waals surface area (Å²) in [4.78, 5) is 10.4. The second-order valence-corrected chi connectivity index (χ2v) is 2.40. The van der Waals surface area contributed by atoms with Crippen molar-refractivity contribution in [3.63, 3.8) is 0 Å². The van der Waals surface area contributed by atoms with Crippen LogP contribution in [0.25, 0.3) is 0 Å². The topological polar surface area (TPSA) is 43.8 Å². The Bertz CT molecular complexity index is 244. The highest BCUT2D eigenvalue weighted by Gasteiger charge is 2.10. The van der Waals surface area contributed by atoms with Crippen molar-refractivity contribution in [3.05, 3.63) is 36.7 Å². The second-order valence-electron chi connectivity index (χ2n) is 2.02. The number of hydrazine groups is 1. The summed E-state index contributed by atoms with van der Waals surface area (Å²) in [5.41, 5.74) is 0. The van der Waals surface area contributed by atoms with Crippen LogP contribution in [0.4, 0.5) is 4.79 Å². The lowest BCUT2D eigenvalue weighted by Crippen LogP contribution is -2.31. The zero-order valence-corrected chi connectivity index (χ0v) is 7.06. The van der Waals surface area contributed by atoms with Gasteiger partial charge in [-0.15, -0.1) is 0 Å². The van der Waals surface area contributed by atoms with Crippen LogP contribution < -0.4 is 0 Å². The van der Waals surface area contributed by atoms with Gasteiger partial charge in [0.1, 0.15) is 0 Å². The monoisotopic (exact) mass is 184 g/mol. The fraction of sp³-hybridized carbons (Fsp3) is 0. The summed E-state index contributed by atoms with van der Waals surface area (Å²) in [6.45, 7) is 0. The molecular weight excluding hydrogens is 176 g/mol. The first-order valence-electron chi connectivity index (χ1n) is 3.23. The van der Waals surface area contributed by atoms with Gasteiger partial charge in [-0.25, -0.2) is 4.79 Å². The van der Waals surface area contributed by atoms with Crippen LogP contribution in [-0.2, 0) is 0 Å². The van der Waals surface area contributed by atoms with Crippen LogP contribution in [0, 0.1) is 0 Å². The Hall–Kier alpha value is -1.36. The lowest BCUT2D eigenvalue weighted by molar-refractivity contribution is 0.130. The Labute approximate surface area is 75.6 Å². The molecule has 1 rings (SSSR count). The minimum Gasteiger partial charge on any atom is -0.463 e. The van der Waals surface area contributed by atoms with Gasteiger partial charge < -0.3 is 5.11 Å². The van der Waals surface area contributed by atoms with Gasteiger partial charge in [0.2, 0.25) is 0 Å². The van der Waals surface area contributed by atoms with Crippen LogP contribution in [0.15, 0.2) is 36.7 Å². The Balaban J connectivity index is 2.69. The van der Waals surface area contributed by atoms with Crippen LogP contribution in [0.2, 0.25) is 0 Å². The zero-order chi connectivity index (χ0) is 8.97. The van der Waals surface area contributed by atoms with E-state index in [1.807, 2.05) is 0 Å². The Morgan fingerprint density at radius 3 is 2.17 bits per heavy atom. The maximum Gasteiger partial charge on any atom is 0.437 e. The molecule has 0 unspecified atom stereocenters. The number of hydrogen-bond donors (Lipinski definition) is 2. The molecule has 1 amide bonds. The van der Waals surface area contributed by atoms with Crippen molar-refractivity contribution in [1.29, 1.82) is 0 Å². The predicted molar refractivity (Wildman–Crippen MR) is 48.1 cm³/mol. The first kappa shape index (κ1) is 8.73. The number of amides is 1. The van der Waals surface area contributed by atoms with E-state index in [2.05, 4.69) is 12.8 Å². The van der Waals surface area contributed by atoms with E-state index in [1.165, 1.54) is 5.01 Å². The van der Waals surface area contributed by atoms with Crippen molar-refractivity contribution in [1.82, 2.24) is 9.42 Å². The van der Waals surface area contributed by atoms with E-state index >= 15 is 0 Å². The van der Waals surface area contributed by atoms with Gasteiger partial charge in [-0.3, -0.25) is 5.01 Å². The molecule has 64 valence electrons. The number of nitrogens with zero attached hydrogens (tertiary/aromatic N) is 2. The second kappa shape index (κ2) is 3.87. The molecule has 12 heavy (non-hydrogen) atoms. The molecule has 0 saturated carbocycles. The molecule has 0 radical (unpaired) electrons. The maximum absolute atomic E-state index is 10.4. The average molecular weight is 184 g/mol. The van der Waals surface area contributed by atoms with Crippen molar-refractivity contribution in [2.45, 2.75) is 0 Å². The molecule has 0 saturated heterocycles. The third kappa shape index (κ3) is 2.06. The van der Waals surface area contributed by atoms with Gasteiger partial charge in [0.05, 0.1) is 0 Å². The summed E-state index contributed by atoms with van der Waals surface area (Å²) >= 11 is 3.75. The third-order valence-electron chi connectivity index (χ3n) is 1.20. The standard InChI is InChI=1S/C7H8N2O2S/c10-7(11)9(12)8-5-3-1-2-4-6-8/h1-6,12H,(H,10,11). The van der Waals surface area contributed by atoms with Crippen LogP contribution in [-0.4, -0.2) is 20.6 Å². The fourth-order valence-electron chi connectivity index (χ4n) is 0.679. The van der Waals surface area contributed by atoms with Crippen molar-refractivity contribution < 1.29 is 9.90 Å². The van der Waals surface area contributed by atoms with Gasteiger partial charge in [-0.2, -0.15) is 4.41 Å². The van der Waals surface area contributed by atoms with Gasteiger partial charge in [-0.05, 0) is 25.0 Å². The van der Waals surface area contributed by atoms with Crippen LogP contribution >= 0.6 is 12.8 Å². The van der Waals surface area contributed by atoms with Crippen molar-refractivity contribution in [2.24, 2.45) is 0 Å². The van der Waals surface area contributed by atoms with Crippen molar-refractivity contribution in [2.75, 3.05) is 0 Å². The van der Waals surface area contributed by atoms with E-state index in [0.29, 0.717) is 0 Å². The molecular formula is C7H8N2O2S. The largest absolute Gasteiger partial charge is 0.463 e. The van der Waals surface area contributed by atoms with E-state index in [9.17, 15) is 4.79 Å². The molecule has 1 aliphatic rings. The first-order chi connectivity index (χ1) is 5.72. The highest BCUT2D eigenvalue weighted by Crippen LogP contribution is 2.06. The molecule has 0 spiro atoms. The minimum absolute atomic E-state index is 0.778. The van der Waals surface area contributed by atoms with E-state index in [4.69, 9.17) is 5.11 Å². The molecule has 0 fully saturated rings. The van der Waals surface area contributed by atoms with Crippen LogP contribution in [0.5, 0.6) is 0 Å². The lowest BCUT2D eigenvalue weighted by Gasteiger charge is -2.22. The normalized spacial score (nSPS) is 14.6. The summed E-state index contributed by atoms with van der Waals surface area (Å²) < 4.78 is 0.778. The summed E-state index contributed by atoms with van der Waals surface area (Å²) in [7, 11) is 0. The van der Waals surface area contributed by atoms with Gasteiger partial charge in [-0.1, -0.05) is 12.2 Å². The molecule has 0 aromatic carbocycles. The first-order valence-corrected chi connectivity index (χ1v) is 3.63. The lowest BCUT2D eigenvalue weighted by atomic mass is 10.5.